The smallest absolute Gasteiger partial charge is 0.255 e. The highest BCUT2D eigenvalue weighted by molar-refractivity contribution is 7.09. The fourth-order valence-corrected chi connectivity index (χ4v) is 2.79. The van der Waals surface area contributed by atoms with Crippen molar-refractivity contribution in [1.82, 2.24) is 9.88 Å². The molecule has 1 amide bonds. The summed E-state index contributed by atoms with van der Waals surface area (Å²) < 4.78 is 0. The lowest BCUT2D eigenvalue weighted by Crippen LogP contribution is -2.26. The van der Waals surface area contributed by atoms with E-state index >= 15 is 0 Å². The largest absolute Gasteiger partial charge is 0.399 e. The Morgan fingerprint density at radius 3 is 2.75 bits per heavy atom. The van der Waals surface area contributed by atoms with Crippen molar-refractivity contribution in [3.8, 4) is 0 Å². The zero-order chi connectivity index (χ0) is 14.9. The number of amides is 1. The van der Waals surface area contributed by atoms with Gasteiger partial charge in [-0.3, -0.25) is 4.79 Å². The zero-order valence-corrected chi connectivity index (χ0v) is 13.3. The number of rotatable bonds is 3. The first-order valence-corrected chi connectivity index (χ1v) is 7.43. The lowest BCUT2D eigenvalue weighted by molar-refractivity contribution is 0.0784. The van der Waals surface area contributed by atoms with Crippen LogP contribution >= 0.6 is 34.5 Å². The van der Waals surface area contributed by atoms with Gasteiger partial charge in [-0.1, -0.05) is 23.2 Å². The number of nitrogens with two attached hydrogens (primary N) is 1. The molecule has 0 unspecified atom stereocenters. The van der Waals surface area contributed by atoms with Crippen LogP contribution in [0.4, 0.5) is 5.69 Å². The molecule has 2 N–H and O–H groups in total. The summed E-state index contributed by atoms with van der Waals surface area (Å²) in [5.41, 5.74) is 7.24. The van der Waals surface area contributed by atoms with Crippen LogP contribution in [0.1, 0.15) is 21.1 Å². The molecule has 2 aromatic rings. The van der Waals surface area contributed by atoms with Gasteiger partial charge in [0, 0.05) is 18.1 Å². The Morgan fingerprint density at radius 2 is 2.15 bits per heavy atom. The Morgan fingerprint density at radius 1 is 1.45 bits per heavy atom. The molecule has 4 nitrogen and oxygen atoms in total. The molecule has 0 spiro atoms. The van der Waals surface area contributed by atoms with Gasteiger partial charge in [0.05, 0.1) is 32.9 Å². The Kier molecular flexibility index (Phi) is 4.52. The highest BCUT2D eigenvalue weighted by Crippen LogP contribution is 2.29. The van der Waals surface area contributed by atoms with E-state index in [1.807, 2.05) is 12.3 Å². The van der Waals surface area contributed by atoms with Gasteiger partial charge in [-0.25, -0.2) is 4.98 Å². The van der Waals surface area contributed by atoms with Gasteiger partial charge >= 0.3 is 0 Å². The number of nitrogen functional groups attached to an aromatic ring is 1. The number of benzene rings is 1. The van der Waals surface area contributed by atoms with E-state index in [1.54, 1.807) is 18.4 Å². The molecule has 0 saturated carbocycles. The Bertz CT molecular complexity index is 657. The van der Waals surface area contributed by atoms with Crippen molar-refractivity contribution in [2.24, 2.45) is 0 Å². The van der Waals surface area contributed by atoms with E-state index in [2.05, 4.69) is 4.98 Å². The first kappa shape index (κ1) is 15.1. The molecule has 1 aromatic heterocycles. The molecule has 1 heterocycles. The first-order valence-electron chi connectivity index (χ1n) is 5.79. The van der Waals surface area contributed by atoms with Crippen molar-refractivity contribution in [3.05, 3.63) is 43.8 Å². The van der Waals surface area contributed by atoms with Gasteiger partial charge in [-0.05, 0) is 19.1 Å². The van der Waals surface area contributed by atoms with E-state index in [9.17, 15) is 4.79 Å². The van der Waals surface area contributed by atoms with Gasteiger partial charge in [0.25, 0.3) is 5.91 Å². The van der Waals surface area contributed by atoms with E-state index < -0.39 is 0 Å². The molecule has 0 aliphatic carbocycles. The van der Waals surface area contributed by atoms with Crippen LogP contribution in [-0.2, 0) is 6.54 Å². The summed E-state index contributed by atoms with van der Waals surface area (Å²) >= 11 is 13.5. The van der Waals surface area contributed by atoms with E-state index in [4.69, 9.17) is 28.9 Å². The maximum absolute atomic E-state index is 12.4. The van der Waals surface area contributed by atoms with Crippen molar-refractivity contribution >= 4 is 46.1 Å². The van der Waals surface area contributed by atoms with E-state index in [1.165, 1.54) is 17.0 Å². The van der Waals surface area contributed by atoms with Crippen LogP contribution in [0.5, 0.6) is 0 Å². The molecule has 0 radical (unpaired) electrons. The van der Waals surface area contributed by atoms with E-state index in [0.717, 1.165) is 10.7 Å². The van der Waals surface area contributed by atoms with Crippen molar-refractivity contribution in [2.75, 3.05) is 12.8 Å². The predicted octanol–water partition coefficient (Wildman–Crippen LogP) is 3.61. The fraction of sp³-hybridized carbons (Fsp3) is 0.231. The number of carbonyl (C=O) groups excluding carboxylic acids is 1. The second kappa shape index (κ2) is 5.99. The summed E-state index contributed by atoms with van der Waals surface area (Å²) in [6.07, 6.45) is 0. The summed E-state index contributed by atoms with van der Waals surface area (Å²) in [6, 6.07) is 3.05. The third kappa shape index (κ3) is 3.23. The molecular weight excluding hydrogens is 317 g/mol. The van der Waals surface area contributed by atoms with Gasteiger partial charge in [-0.15, -0.1) is 11.3 Å². The van der Waals surface area contributed by atoms with Crippen LogP contribution in [0.15, 0.2) is 17.5 Å². The van der Waals surface area contributed by atoms with Gasteiger partial charge in [0.1, 0.15) is 0 Å². The maximum atomic E-state index is 12.4. The average molecular weight is 330 g/mol. The minimum atomic E-state index is -0.241. The topological polar surface area (TPSA) is 59.2 Å². The number of thiazole rings is 1. The predicted molar refractivity (Wildman–Crippen MR) is 83.5 cm³/mol. The summed E-state index contributed by atoms with van der Waals surface area (Å²) in [4.78, 5) is 18.2. The van der Waals surface area contributed by atoms with Crippen LogP contribution in [0, 0.1) is 6.92 Å². The quantitative estimate of drug-likeness (QED) is 0.875. The van der Waals surface area contributed by atoms with Crippen LogP contribution in [0.3, 0.4) is 0 Å². The number of aryl methyl sites for hydroxylation is 1. The van der Waals surface area contributed by atoms with E-state index in [-0.39, 0.29) is 16.0 Å². The molecule has 2 rings (SSSR count). The Hall–Kier alpha value is -1.30. The number of nitrogens with zero attached hydrogens (tertiary/aromatic N) is 2. The highest BCUT2D eigenvalue weighted by atomic mass is 35.5. The molecule has 0 atom stereocenters. The van der Waals surface area contributed by atoms with Crippen molar-refractivity contribution in [3.63, 3.8) is 0 Å². The number of anilines is 1. The van der Waals surface area contributed by atoms with Crippen molar-refractivity contribution < 1.29 is 4.79 Å². The number of carbonyl (C=O) groups is 1. The maximum Gasteiger partial charge on any atom is 0.255 e. The third-order valence-corrected chi connectivity index (χ3v) is 4.32. The highest BCUT2D eigenvalue weighted by Gasteiger charge is 2.18. The molecular formula is C13H13Cl2N3OS. The minimum Gasteiger partial charge on any atom is -0.399 e. The SMILES string of the molecule is Cc1nc(CN(C)C(=O)c2cc(N)cc(Cl)c2Cl)cs1. The summed E-state index contributed by atoms with van der Waals surface area (Å²) in [5.74, 6) is -0.241. The minimum absolute atomic E-state index is 0.215. The van der Waals surface area contributed by atoms with Gasteiger partial charge < -0.3 is 10.6 Å². The molecule has 20 heavy (non-hydrogen) atoms. The molecule has 0 aliphatic heterocycles. The third-order valence-electron chi connectivity index (χ3n) is 2.69. The van der Waals surface area contributed by atoms with Crippen LogP contribution in [0.2, 0.25) is 10.0 Å². The molecule has 0 saturated heterocycles. The molecule has 1 aromatic carbocycles. The second-order valence-corrected chi connectivity index (χ2v) is 6.23. The van der Waals surface area contributed by atoms with Crippen LogP contribution < -0.4 is 5.73 Å². The summed E-state index contributed by atoms with van der Waals surface area (Å²) in [5, 5.41) is 3.37. The van der Waals surface area contributed by atoms with E-state index in [0.29, 0.717) is 17.8 Å². The molecule has 7 heteroatoms. The normalized spacial score (nSPS) is 10.6. The average Bonchev–Trinajstić information content (AvgIpc) is 2.78. The molecule has 0 fully saturated rings. The zero-order valence-electron chi connectivity index (χ0n) is 11.0. The summed E-state index contributed by atoms with van der Waals surface area (Å²) in [6.45, 7) is 2.33. The Balaban J connectivity index is 2.22. The standard InChI is InChI=1S/C13H13Cl2N3OS/c1-7-17-9(6-20-7)5-18(2)13(19)10-3-8(16)4-11(14)12(10)15/h3-4,6H,5,16H2,1-2H3. The lowest BCUT2D eigenvalue weighted by Gasteiger charge is -2.17. The van der Waals surface area contributed by atoms with Crippen molar-refractivity contribution in [1.29, 1.82) is 0 Å². The number of hydrogen-bond donors (Lipinski definition) is 1. The number of aromatic nitrogens is 1. The number of hydrogen-bond acceptors (Lipinski definition) is 4. The monoisotopic (exact) mass is 329 g/mol. The first-order chi connectivity index (χ1) is 9.38. The lowest BCUT2D eigenvalue weighted by atomic mass is 10.1. The van der Waals surface area contributed by atoms with Crippen molar-refractivity contribution in [2.45, 2.75) is 13.5 Å². The van der Waals surface area contributed by atoms with Crippen LogP contribution in [0.25, 0.3) is 0 Å². The molecule has 0 aliphatic rings. The molecule has 106 valence electrons. The fourth-order valence-electron chi connectivity index (χ4n) is 1.77. The number of halogens is 2. The molecule has 0 bridgehead atoms. The van der Waals surface area contributed by atoms with Gasteiger partial charge in [-0.2, -0.15) is 0 Å². The Labute approximate surface area is 131 Å². The van der Waals surface area contributed by atoms with Gasteiger partial charge in [0.2, 0.25) is 0 Å². The second-order valence-electron chi connectivity index (χ2n) is 4.38. The van der Waals surface area contributed by atoms with Gasteiger partial charge in [0.15, 0.2) is 0 Å². The summed E-state index contributed by atoms with van der Waals surface area (Å²) in [7, 11) is 1.68. The van der Waals surface area contributed by atoms with Crippen LogP contribution in [-0.4, -0.2) is 22.8 Å².